The molecule has 0 amide bonds. The monoisotopic (exact) mass is 527 g/mol. The third kappa shape index (κ3) is 6.52. The zero-order valence-corrected chi connectivity index (χ0v) is 26.4. The average Bonchev–Trinajstić information content (AvgIpc) is 2.72. The number of benzene rings is 2. The fourth-order valence-corrected chi connectivity index (χ4v) is 5.75. The van der Waals surface area contributed by atoms with Gasteiger partial charge in [0.05, 0.1) is 6.61 Å². The van der Waals surface area contributed by atoms with E-state index < -0.39 is 8.60 Å². The van der Waals surface area contributed by atoms with Gasteiger partial charge in [-0.15, -0.1) is 0 Å². The van der Waals surface area contributed by atoms with Crippen molar-refractivity contribution in [3.8, 4) is 11.5 Å². The van der Waals surface area contributed by atoms with Crippen LogP contribution < -0.4 is 14.8 Å². The van der Waals surface area contributed by atoms with Crippen LogP contribution in [0.5, 0.6) is 11.5 Å². The second kappa shape index (κ2) is 10.2. The zero-order chi connectivity index (χ0) is 28.1. The van der Waals surface area contributed by atoms with Gasteiger partial charge in [-0.25, -0.2) is 0 Å². The summed E-state index contributed by atoms with van der Waals surface area (Å²) in [5.41, 5.74) is 13.0. The second-order valence-corrected chi connectivity index (χ2v) is 15.7. The maximum Gasteiger partial charge on any atom is 0.463 e. The van der Waals surface area contributed by atoms with E-state index in [4.69, 9.17) is 19.3 Å². The molecule has 3 rings (SSSR count). The Kier molecular flexibility index (Phi) is 8.23. The molecule has 0 bridgehead atoms. The maximum atomic E-state index is 6.72. The summed E-state index contributed by atoms with van der Waals surface area (Å²) in [6.07, 6.45) is 0. The average molecular weight is 528 g/mol. The molecule has 1 aliphatic heterocycles. The van der Waals surface area contributed by atoms with Crippen LogP contribution in [0.2, 0.25) is 0 Å². The smallest absolute Gasteiger partial charge is 0.417 e. The predicted octanol–water partition coefficient (Wildman–Crippen LogP) is 9.00. The molecule has 0 saturated carbocycles. The minimum Gasteiger partial charge on any atom is -0.417 e. The van der Waals surface area contributed by atoms with Crippen LogP contribution in [0.1, 0.15) is 129 Å². The molecule has 5 heteroatoms. The van der Waals surface area contributed by atoms with Gasteiger partial charge < -0.3 is 14.8 Å². The van der Waals surface area contributed by atoms with Crippen LogP contribution >= 0.6 is 8.60 Å². The molecule has 37 heavy (non-hydrogen) atoms. The highest BCUT2D eigenvalue weighted by molar-refractivity contribution is 7.42. The van der Waals surface area contributed by atoms with Crippen LogP contribution in [0.15, 0.2) is 24.3 Å². The topological polar surface area (TPSA) is 53.7 Å². The van der Waals surface area contributed by atoms with Crippen molar-refractivity contribution < 1.29 is 13.6 Å². The van der Waals surface area contributed by atoms with Crippen LogP contribution in [0.4, 0.5) is 0 Å². The fourth-order valence-electron chi connectivity index (χ4n) is 4.65. The summed E-state index contributed by atoms with van der Waals surface area (Å²) in [6, 6.07) is 9.33. The quantitative estimate of drug-likeness (QED) is 0.405. The lowest BCUT2D eigenvalue weighted by Crippen LogP contribution is -2.23. The molecule has 2 N–H and O–H groups in total. The molecule has 0 fully saturated rings. The molecular weight excluding hydrogens is 477 g/mol. The van der Waals surface area contributed by atoms with Crippen LogP contribution in [-0.4, -0.2) is 13.2 Å². The van der Waals surface area contributed by atoms with Gasteiger partial charge in [0.15, 0.2) is 0 Å². The second-order valence-electron chi connectivity index (χ2n) is 14.6. The lowest BCUT2D eigenvalue weighted by atomic mass is 9.74. The van der Waals surface area contributed by atoms with E-state index in [9.17, 15) is 0 Å². The zero-order valence-electron chi connectivity index (χ0n) is 25.6. The summed E-state index contributed by atoms with van der Waals surface area (Å²) in [5, 5.41) is 0. The summed E-state index contributed by atoms with van der Waals surface area (Å²) in [7, 11) is -1.70. The van der Waals surface area contributed by atoms with Crippen molar-refractivity contribution in [2.45, 2.75) is 118 Å². The van der Waals surface area contributed by atoms with E-state index in [0.717, 1.165) is 11.5 Å². The highest BCUT2D eigenvalue weighted by Crippen LogP contribution is 2.55. The van der Waals surface area contributed by atoms with E-state index in [2.05, 4.69) is 114 Å². The van der Waals surface area contributed by atoms with Gasteiger partial charge in [0.1, 0.15) is 11.5 Å². The van der Waals surface area contributed by atoms with Crippen molar-refractivity contribution in [2.24, 2.45) is 5.73 Å². The first kappa shape index (κ1) is 29.9. The Morgan fingerprint density at radius 3 is 1.35 bits per heavy atom. The number of fused-ring (bicyclic) bond motifs is 2. The van der Waals surface area contributed by atoms with E-state index in [1.807, 2.05) is 0 Å². The predicted molar refractivity (Wildman–Crippen MR) is 158 cm³/mol. The van der Waals surface area contributed by atoms with Crippen LogP contribution in [0, 0.1) is 0 Å². The molecule has 0 radical (unpaired) electrons. The Labute approximate surface area is 227 Å². The first-order valence-corrected chi connectivity index (χ1v) is 14.7. The maximum absolute atomic E-state index is 6.72. The molecule has 1 aliphatic rings. The lowest BCUT2D eigenvalue weighted by molar-refractivity contribution is 0.266. The minimum atomic E-state index is -1.70. The van der Waals surface area contributed by atoms with Crippen molar-refractivity contribution in [3.05, 3.63) is 57.6 Å². The fraction of sp³-hybridized carbons (Fsp3) is 0.625. The lowest BCUT2D eigenvalue weighted by Gasteiger charge is -2.36. The molecule has 4 nitrogen and oxygen atoms in total. The van der Waals surface area contributed by atoms with Crippen molar-refractivity contribution in [3.63, 3.8) is 0 Å². The Morgan fingerprint density at radius 1 is 0.676 bits per heavy atom. The van der Waals surface area contributed by atoms with E-state index in [1.54, 1.807) is 0 Å². The third-order valence-electron chi connectivity index (χ3n) is 7.16. The van der Waals surface area contributed by atoms with Gasteiger partial charge in [-0.2, -0.15) is 0 Å². The molecule has 0 aliphatic carbocycles. The molecule has 1 heterocycles. The van der Waals surface area contributed by atoms with E-state index in [0.29, 0.717) is 13.2 Å². The minimum absolute atomic E-state index is 0.00105. The summed E-state index contributed by atoms with van der Waals surface area (Å²) >= 11 is 0. The van der Waals surface area contributed by atoms with Gasteiger partial charge in [-0.3, -0.25) is 4.52 Å². The molecular formula is C32H50NO3P. The molecule has 0 atom stereocenters. The SMILES string of the molecule is CC1c2cc(C(C)(C)C)cc(C(C)(C)C)c2OP(OCCN)Oc2c1cc(C(C)(C)C)cc2C(C)(C)C. The van der Waals surface area contributed by atoms with Gasteiger partial charge >= 0.3 is 8.60 Å². The van der Waals surface area contributed by atoms with Gasteiger partial charge in [0.25, 0.3) is 0 Å². The van der Waals surface area contributed by atoms with E-state index in [1.165, 1.54) is 33.4 Å². The highest BCUT2D eigenvalue weighted by Gasteiger charge is 2.37. The molecule has 2 aromatic rings. The Balaban J connectivity index is 2.45. The Bertz CT molecular complexity index is 1040. The standard InChI is InChI=1S/C32H50NO3P/c1-20-23-16-21(29(2,3)4)18-25(31(8,9)10)27(23)35-37(34-15-14-33)36-28-24(20)17-22(30(5,6)7)19-26(28)32(11,12)13/h16-20H,14-15,33H2,1-13H3. The first-order valence-electron chi connectivity index (χ1n) is 13.6. The summed E-state index contributed by atoms with van der Waals surface area (Å²) in [4.78, 5) is 0. The third-order valence-corrected chi connectivity index (χ3v) is 8.22. The summed E-state index contributed by atoms with van der Waals surface area (Å²) in [5.74, 6) is 1.85. The van der Waals surface area contributed by atoms with Crippen LogP contribution in [-0.2, 0) is 26.2 Å². The van der Waals surface area contributed by atoms with Gasteiger partial charge in [-0.05, 0) is 32.8 Å². The first-order chi connectivity index (χ1) is 16.7. The van der Waals surface area contributed by atoms with Gasteiger partial charge in [0, 0.05) is 34.7 Å². The van der Waals surface area contributed by atoms with Crippen LogP contribution in [0.25, 0.3) is 0 Å². The highest BCUT2D eigenvalue weighted by atomic mass is 31.2. The van der Waals surface area contributed by atoms with Crippen molar-refractivity contribution in [2.75, 3.05) is 13.2 Å². The molecule has 206 valence electrons. The number of nitrogens with two attached hydrogens (primary N) is 1. The van der Waals surface area contributed by atoms with Crippen molar-refractivity contribution in [1.82, 2.24) is 0 Å². The largest absolute Gasteiger partial charge is 0.463 e. The van der Waals surface area contributed by atoms with E-state index >= 15 is 0 Å². The number of hydrogen-bond donors (Lipinski definition) is 1. The van der Waals surface area contributed by atoms with E-state index in [-0.39, 0.29) is 27.6 Å². The van der Waals surface area contributed by atoms with Crippen molar-refractivity contribution >= 4 is 8.60 Å². The van der Waals surface area contributed by atoms with Crippen molar-refractivity contribution in [1.29, 1.82) is 0 Å². The summed E-state index contributed by atoms with van der Waals surface area (Å²) in [6.45, 7) is 30.2. The molecule has 0 saturated heterocycles. The molecule has 0 aromatic heterocycles. The van der Waals surface area contributed by atoms with Gasteiger partial charge in [0.2, 0.25) is 0 Å². The molecule has 0 spiro atoms. The number of hydrogen-bond acceptors (Lipinski definition) is 4. The Hall–Kier alpha value is -1.61. The normalized spacial score (nSPS) is 18.8. The summed E-state index contributed by atoms with van der Waals surface area (Å²) < 4.78 is 19.6. The number of rotatable bonds is 3. The molecule has 2 aromatic carbocycles. The van der Waals surface area contributed by atoms with Crippen LogP contribution in [0.3, 0.4) is 0 Å². The molecule has 0 unspecified atom stereocenters. The van der Waals surface area contributed by atoms with Gasteiger partial charge in [-0.1, -0.05) is 114 Å². The Morgan fingerprint density at radius 2 is 1.05 bits per heavy atom.